The van der Waals surface area contributed by atoms with Crippen LogP contribution in [0.15, 0.2) is 29.0 Å². The summed E-state index contributed by atoms with van der Waals surface area (Å²) in [6.07, 6.45) is -2.07. The standard InChI is InChI=1S/C29H35F4N5O3/c1-16(2)28(5,17(3)4)40-14-18-10-19-15-41-36-25(19)26-21-13-37(9-8-24(21)35-38(26)12-18)27(39)34-20-6-7-23(30)22(11-20)29(31,32)33/h6-7,11,15-18H,8-10,12-14H2,1-5H3,(H,34,39). The number of hydrogen-bond donors (Lipinski definition) is 1. The van der Waals surface area contributed by atoms with E-state index in [1.165, 1.54) is 4.90 Å². The number of nitrogens with zero attached hydrogens (tertiary/aromatic N) is 4. The summed E-state index contributed by atoms with van der Waals surface area (Å²) in [6.45, 7) is 12.5. The number of fused-ring (bicyclic) bond motifs is 5. The summed E-state index contributed by atoms with van der Waals surface area (Å²) in [5.41, 5.74) is 2.20. The lowest BCUT2D eigenvalue weighted by Gasteiger charge is -2.39. The number of anilines is 1. The summed E-state index contributed by atoms with van der Waals surface area (Å²) >= 11 is 0. The van der Waals surface area contributed by atoms with Crippen LogP contribution in [-0.2, 0) is 36.8 Å². The Hall–Kier alpha value is -3.41. The summed E-state index contributed by atoms with van der Waals surface area (Å²) in [6, 6.07) is 1.82. The van der Waals surface area contributed by atoms with E-state index < -0.39 is 23.6 Å². The van der Waals surface area contributed by atoms with Crippen molar-refractivity contribution >= 4 is 11.7 Å². The van der Waals surface area contributed by atoms with Gasteiger partial charge >= 0.3 is 12.2 Å². The number of rotatable bonds is 6. The minimum absolute atomic E-state index is 0.119. The summed E-state index contributed by atoms with van der Waals surface area (Å²) in [4.78, 5) is 14.6. The van der Waals surface area contributed by atoms with E-state index in [1.54, 1.807) is 6.26 Å². The Morgan fingerprint density at radius 2 is 1.95 bits per heavy atom. The molecule has 41 heavy (non-hydrogen) atoms. The van der Waals surface area contributed by atoms with Gasteiger partial charge in [-0.25, -0.2) is 9.18 Å². The van der Waals surface area contributed by atoms with Gasteiger partial charge in [0.25, 0.3) is 0 Å². The fraction of sp³-hybridized carbons (Fsp3) is 0.552. The molecular formula is C29H35F4N5O3. The lowest BCUT2D eigenvalue weighted by Crippen LogP contribution is -2.42. The van der Waals surface area contributed by atoms with E-state index >= 15 is 0 Å². The molecule has 1 atom stereocenters. The molecule has 5 rings (SSSR count). The van der Waals surface area contributed by atoms with Crippen LogP contribution in [0.3, 0.4) is 0 Å². The number of carbonyl (C=O) groups is 1. The van der Waals surface area contributed by atoms with Gasteiger partial charge in [0.2, 0.25) is 0 Å². The van der Waals surface area contributed by atoms with Gasteiger partial charge in [0.15, 0.2) is 0 Å². The van der Waals surface area contributed by atoms with Crippen molar-refractivity contribution in [2.75, 3.05) is 18.5 Å². The zero-order valence-corrected chi connectivity index (χ0v) is 23.8. The zero-order valence-electron chi connectivity index (χ0n) is 23.8. The molecule has 0 aliphatic carbocycles. The minimum Gasteiger partial charge on any atom is -0.374 e. The van der Waals surface area contributed by atoms with Crippen molar-refractivity contribution in [3.05, 3.63) is 52.7 Å². The number of ether oxygens (including phenoxy) is 1. The second-order valence-corrected chi connectivity index (χ2v) is 11.8. The first-order chi connectivity index (χ1) is 19.3. The second-order valence-electron chi connectivity index (χ2n) is 11.8. The molecule has 0 saturated carbocycles. The van der Waals surface area contributed by atoms with E-state index in [0.29, 0.717) is 62.2 Å². The Kier molecular flexibility index (Phi) is 7.65. The number of hydrogen-bond acceptors (Lipinski definition) is 5. The largest absolute Gasteiger partial charge is 0.419 e. The molecule has 1 unspecified atom stereocenters. The Labute approximate surface area is 236 Å². The maximum Gasteiger partial charge on any atom is 0.419 e. The van der Waals surface area contributed by atoms with Crippen molar-refractivity contribution in [3.8, 4) is 11.4 Å². The second kappa shape index (κ2) is 10.8. The van der Waals surface area contributed by atoms with E-state index in [-0.39, 0.29) is 23.8 Å². The molecule has 2 aliphatic rings. The lowest BCUT2D eigenvalue weighted by atomic mass is 9.82. The first-order valence-corrected chi connectivity index (χ1v) is 13.9. The van der Waals surface area contributed by atoms with Crippen molar-refractivity contribution in [1.29, 1.82) is 0 Å². The average Bonchev–Trinajstić information content (AvgIpc) is 3.46. The van der Waals surface area contributed by atoms with Crippen molar-refractivity contribution in [2.24, 2.45) is 17.8 Å². The predicted molar refractivity (Wildman–Crippen MR) is 143 cm³/mol. The van der Waals surface area contributed by atoms with Crippen molar-refractivity contribution in [3.63, 3.8) is 0 Å². The van der Waals surface area contributed by atoms with E-state index in [0.717, 1.165) is 28.6 Å². The molecule has 2 amide bonds. The quantitative estimate of drug-likeness (QED) is 0.336. The van der Waals surface area contributed by atoms with Crippen LogP contribution in [0.4, 0.5) is 28.0 Å². The van der Waals surface area contributed by atoms with Crippen LogP contribution in [0, 0.1) is 23.6 Å². The van der Waals surface area contributed by atoms with E-state index in [1.807, 2.05) is 4.68 Å². The lowest BCUT2D eigenvalue weighted by molar-refractivity contribution is -0.139. The maximum atomic E-state index is 13.7. The smallest absolute Gasteiger partial charge is 0.374 e. The molecule has 0 fully saturated rings. The Bertz CT molecular complexity index is 1420. The van der Waals surface area contributed by atoms with Gasteiger partial charge < -0.3 is 19.5 Å². The highest BCUT2D eigenvalue weighted by molar-refractivity contribution is 5.89. The molecule has 12 heteroatoms. The van der Waals surface area contributed by atoms with Crippen LogP contribution in [0.1, 0.15) is 57.0 Å². The van der Waals surface area contributed by atoms with E-state index in [9.17, 15) is 22.4 Å². The number of nitrogens with one attached hydrogen (secondary N) is 1. The molecule has 222 valence electrons. The number of carbonyl (C=O) groups excluding carboxylic acids is 1. The number of alkyl halides is 3. The van der Waals surface area contributed by atoms with Gasteiger partial charge in [0.1, 0.15) is 17.8 Å². The van der Waals surface area contributed by atoms with Crippen LogP contribution in [0.25, 0.3) is 11.4 Å². The molecule has 2 aromatic heterocycles. The molecule has 0 saturated heterocycles. The summed E-state index contributed by atoms with van der Waals surface area (Å²) in [5.74, 6) is -0.614. The van der Waals surface area contributed by atoms with Crippen LogP contribution in [0.5, 0.6) is 0 Å². The highest BCUT2D eigenvalue weighted by Crippen LogP contribution is 2.38. The van der Waals surface area contributed by atoms with Crippen LogP contribution >= 0.6 is 0 Å². The summed E-state index contributed by atoms with van der Waals surface area (Å²) < 4.78 is 67.0. The highest BCUT2D eigenvalue weighted by Gasteiger charge is 2.37. The van der Waals surface area contributed by atoms with Gasteiger partial charge in [-0.3, -0.25) is 4.68 Å². The molecule has 4 heterocycles. The third-order valence-electron chi connectivity index (χ3n) is 8.64. The van der Waals surface area contributed by atoms with Gasteiger partial charge in [0.05, 0.1) is 35.7 Å². The first kappa shape index (κ1) is 29.1. The molecule has 0 bridgehead atoms. The third kappa shape index (κ3) is 5.58. The zero-order chi connectivity index (χ0) is 29.7. The average molecular weight is 578 g/mol. The third-order valence-corrected chi connectivity index (χ3v) is 8.64. The molecule has 3 aromatic rings. The van der Waals surface area contributed by atoms with Crippen molar-refractivity contribution < 1.29 is 31.6 Å². The number of urea groups is 1. The van der Waals surface area contributed by atoms with Crippen molar-refractivity contribution in [1.82, 2.24) is 19.8 Å². The van der Waals surface area contributed by atoms with Gasteiger partial charge in [-0.2, -0.15) is 18.3 Å². The Balaban J connectivity index is 1.37. The molecule has 1 N–H and O–H groups in total. The summed E-state index contributed by atoms with van der Waals surface area (Å²) in [5, 5.41) is 11.6. The number of amides is 2. The van der Waals surface area contributed by atoms with Crippen LogP contribution in [0.2, 0.25) is 0 Å². The number of aromatic nitrogens is 3. The Morgan fingerprint density at radius 1 is 1.22 bits per heavy atom. The van der Waals surface area contributed by atoms with E-state index in [4.69, 9.17) is 14.4 Å². The van der Waals surface area contributed by atoms with Gasteiger partial charge in [-0.05, 0) is 43.4 Å². The molecule has 0 radical (unpaired) electrons. The first-order valence-electron chi connectivity index (χ1n) is 13.9. The monoisotopic (exact) mass is 577 g/mol. The fourth-order valence-corrected chi connectivity index (χ4v) is 5.65. The fourth-order valence-electron chi connectivity index (χ4n) is 5.65. The topological polar surface area (TPSA) is 85.4 Å². The van der Waals surface area contributed by atoms with Crippen LogP contribution < -0.4 is 5.32 Å². The molecule has 2 aliphatic heterocycles. The molecular weight excluding hydrogens is 542 g/mol. The number of halogens is 4. The van der Waals surface area contributed by atoms with Crippen LogP contribution in [-0.4, -0.2) is 44.6 Å². The Morgan fingerprint density at radius 3 is 2.63 bits per heavy atom. The molecule has 8 nitrogen and oxygen atoms in total. The number of benzene rings is 1. The summed E-state index contributed by atoms with van der Waals surface area (Å²) in [7, 11) is 0. The minimum atomic E-state index is -4.87. The normalized spacial score (nSPS) is 17.3. The van der Waals surface area contributed by atoms with Crippen molar-refractivity contribution in [2.45, 2.75) is 72.3 Å². The maximum absolute atomic E-state index is 13.7. The van der Waals surface area contributed by atoms with Gasteiger partial charge in [0, 0.05) is 42.2 Å². The van der Waals surface area contributed by atoms with Gasteiger partial charge in [-0.15, -0.1) is 0 Å². The molecule has 1 aromatic carbocycles. The predicted octanol–water partition coefficient (Wildman–Crippen LogP) is 6.55. The van der Waals surface area contributed by atoms with E-state index in [2.05, 4.69) is 45.1 Å². The SMILES string of the molecule is CC(C)C(C)(OCC1Cc2conc2-c2c3c(nn2C1)CCN(C(=O)Nc1ccc(F)c(C(F)(F)F)c1)C3)C(C)C. The van der Waals surface area contributed by atoms with Gasteiger partial charge in [-0.1, -0.05) is 32.9 Å². The molecule has 0 spiro atoms. The highest BCUT2D eigenvalue weighted by atomic mass is 19.4.